The van der Waals surface area contributed by atoms with Crippen molar-refractivity contribution in [1.82, 2.24) is 10.3 Å². The number of carbonyl (C=O) groups is 1. The van der Waals surface area contributed by atoms with Gasteiger partial charge in [-0.1, -0.05) is 34.1 Å². The molecule has 4 heteroatoms. The zero-order valence-corrected chi connectivity index (χ0v) is 13.6. The van der Waals surface area contributed by atoms with Crippen molar-refractivity contribution in [3.63, 3.8) is 0 Å². The molecule has 116 valence electrons. The van der Waals surface area contributed by atoms with Crippen LogP contribution in [0.2, 0.25) is 0 Å². The Bertz CT molecular complexity index is 527. The molecule has 0 unspecified atom stereocenters. The van der Waals surface area contributed by atoms with Crippen LogP contribution >= 0.6 is 0 Å². The Labute approximate surface area is 127 Å². The average molecular weight is 289 g/mol. The van der Waals surface area contributed by atoms with Gasteiger partial charge >= 0.3 is 0 Å². The topological polar surface area (TPSA) is 68.0 Å². The molecular weight excluding hydrogens is 262 g/mol. The van der Waals surface area contributed by atoms with E-state index in [0.717, 1.165) is 12.2 Å². The standard InChI is InChI=1S/C17H27N3O/c1-5-6-17(7-8-17)11-19-15(21)12-9-13(16(2,3)4)20-14(18)10-12/h9-10H,5-8,11H2,1-4H3,(H2,18,20)(H,19,21). The van der Waals surface area contributed by atoms with E-state index in [1.165, 1.54) is 25.7 Å². The van der Waals surface area contributed by atoms with E-state index >= 15 is 0 Å². The molecule has 4 nitrogen and oxygen atoms in total. The SMILES string of the molecule is CCCC1(CNC(=O)c2cc(N)nc(C(C)(C)C)c2)CC1. The van der Waals surface area contributed by atoms with Crippen molar-refractivity contribution < 1.29 is 4.79 Å². The number of hydrogen-bond donors (Lipinski definition) is 2. The van der Waals surface area contributed by atoms with Crippen LogP contribution in [0.3, 0.4) is 0 Å². The minimum atomic E-state index is -0.121. The largest absolute Gasteiger partial charge is 0.384 e. The van der Waals surface area contributed by atoms with Crippen molar-refractivity contribution in [2.45, 2.75) is 58.8 Å². The Hall–Kier alpha value is -1.58. The Morgan fingerprint density at radius 3 is 2.57 bits per heavy atom. The minimum Gasteiger partial charge on any atom is -0.384 e. The lowest BCUT2D eigenvalue weighted by Gasteiger charge is -2.19. The summed E-state index contributed by atoms with van der Waals surface area (Å²) in [4.78, 5) is 16.7. The molecule has 2 rings (SSSR count). The third-order valence-corrected chi connectivity index (χ3v) is 4.24. The van der Waals surface area contributed by atoms with Gasteiger partial charge in [0, 0.05) is 23.2 Å². The first-order chi connectivity index (χ1) is 9.76. The lowest BCUT2D eigenvalue weighted by Crippen LogP contribution is -2.30. The van der Waals surface area contributed by atoms with Gasteiger partial charge in [0.05, 0.1) is 0 Å². The molecule has 1 fully saturated rings. The molecular formula is C17H27N3O. The molecule has 1 aromatic rings. The number of rotatable bonds is 5. The van der Waals surface area contributed by atoms with Gasteiger partial charge < -0.3 is 11.1 Å². The first-order valence-electron chi connectivity index (χ1n) is 7.82. The third kappa shape index (κ3) is 3.96. The number of nitrogen functional groups attached to an aromatic ring is 1. The summed E-state index contributed by atoms with van der Waals surface area (Å²) in [6.07, 6.45) is 4.82. The zero-order chi connectivity index (χ0) is 15.7. The second-order valence-electron chi connectivity index (χ2n) is 7.35. The van der Waals surface area contributed by atoms with Crippen LogP contribution in [-0.2, 0) is 5.41 Å². The Morgan fingerprint density at radius 2 is 2.05 bits per heavy atom. The number of anilines is 1. The fraction of sp³-hybridized carbons (Fsp3) is 0.647. The van der Waals surface area contributed by atoms with Crippen molar-refractivity contribution in [3.8, 4) is 0 Å². The number of hydrogen-bond acceptors (Lipinski definition) is 3. The van der Waals surface area contributed by atoms with Crippen LogP contribution in [0.15, 0.2) is 12.1 Å². The molecule has 21 heavy (non-hydrogen) atoms. The number of aromatic nitrogens is 1. The highest BCUT2D eigenvalue weighted by molar-refractivity contribution is 5.95. The maximum Gasteiger partial charge on any atom is 0.251 e. The summed E-state index contributed by atoms with van der Waals surface area (Å²) in [7, 11) is 0. The number of nitrogens with zero attached hydrogens (tertiary/aromatic N) is 1. The van der Waals surface area contributed by atoms with Crippen molar-refractivity contribution in [3.05, 3.63) is 23.4 Å². The van der Waals surface area contributed by atoms with E-state index in [1.54, 1.807) is 6.07 Å². The van der Waals surface area contributed by atoms with Gasteiger partial charge in [0.2, 0.25) is 0 Å². The third-order valence-electron chi connectivity index (χ3n) is 4.24. The van der Waals surface area contributed by atoms with Crippen LogP contribution in [0, 0.1) is 5.41 Å². The summed E-state index contributed by atoms with van der Waals surface area (Å²) in [5, 5.41) is 3.07. The molecule has 1 aliphatic carbocycles. The van der Waals surface area contributed by atoms with Crippen LogP contribution in [0.25, 0.3) is 0 Å². The van der Waals surface area contributed by atoms with Gasteiger partial charge in [0.1, 0.15) is 5.82 Å². The van der Waals surface area contributed by atoms with Gasteiger partial charge in [-0.3, -0.25) is 4.79 Å². The summed E-state index contributed by atoms with van der Waals surface area (Å²) in [5.74, 6) is 0.360. The number of carbonyl (C=O) groups excluding carboxylic acids is 1. The quantitative estimate of drug-likeness (QED) is 0.874. The molecule has 1 aromatic heterocycles. The highest BCUT2D eigenvalue weighted by Crippen LogP contribution is 2.48. The highest BCUT2D eigenvalue weighted by atomic mass is 16.1. The highest BCUT2D eigenvalue weighted by Gasteiger charge is 2.41. The predicted molar refractivity (Wildman–Crippen MR) is 86.3 cm³/mol. The van der Waals surface area contributed by atoms with E-state index in [0.29, 0.717) is 16.8 Å². The van der Waals surface area contributed by atoms with E-state index in [1.807, 2.05) is 6.07 Å². The number of nitrogens with one attached hydrogen (secondary N) is 1. The van der Waals surface area contributed by atoms with Gasteiger partial charge in [-0.2, -0.15) is 0 Å². The zero-order valence-electron chi connectivity index (χ0n) is 13.6. The lowest BCUT2D eigenvalue weighted by molar-refractivity contribution is 0.0943. The van der Waals surface area contributed by atoms with Crippen LogP contribution in [0.1, 0.15) is 69.4 Å². The van der Waals surface area contributed by atoms with Crippen LogP contribution < -0.4 is 11.1 Å². The summed E-state index contributed by atoms with van der Waals surface area (Å²) in [6.45, 7) is 9.17. The Kier molecular flexibility index (Phi) is 4.26. The van der Waals surface area contributed by atoms with E-state index in [2.05, 4.69) is 38.0 Å². The Balaban J connectivity index is 2.07. The molecule has 0 aliphatic heterocycles. The number of amides is 1. The first-order valence-corrected chi connectivity index (χ1v) is 7.82. The van der Waals surface area contributed by atoms with Crippen molar-refractivity contribution in [2.75, 3.05) is 12.3 Å². The molecule has 1 heterocycles. The summed E-state index contributed by atoms with van der Waals surface area (Å²) in [5.41, 5.74) is 7.54. The fourth-order valence-corrected chi connectivity index (χ4v) is 2.66. The Morgan fingerprint density at radius 1 is 1.38 bits per heavy atom. The molecule has 0 radical (unpaired) electrons. The van der Waals surface area contributed by atoms with Crippen molar-refractivity contribution in [2.24, 2.45) is 5.41 Å². The van der Waals surface area contributed by atoms with Gasteiger partial charge in [-0.15, -0.1) is 0 Å². The molecule has 0 spiro atoms. The van der Waals surface area contributed by atoms with Gasteiger partial charge in [0.25, 0.3) is 5.91 Å². The molecule has 0 aromatic carbocycles. The molecule has 1 aliphatic rings. The minimum absolute atomic E-state index is 0.0445. The molecule has 0 saturated heterocycles. The first kappa shape index (κ1) is 15.8. The van der Waals surface area contributed by atoms with Gasteiger partial charge in [0.15, 0.2) is 0 Å². The van der Waals surface area contributed by atoms with Crippen LogP contribution in [0.4, 0.5) is 5.82 Å². The maximum atomic E-state index is 12.4. The van der Waals surface area contributed by atoms with E-state index in [-0.39, 0.29) is 11.3 Å². The fourth-order valence-electron chi connectivity index (χ4n) is 2.66. The van der Waals surface area contributed by atoms with Crippen molar-refractivity contribution in [1.29, 1.82) is 0 Å². The normalized spacial score (nSPS) is 16.6. The summed E-state index contributed by atoms with van der Waals surface area (Å²) in [6, 6.07) is 3.51. The van der Waals surface area contributed by atoms with Crippen LogP contribution in [-0.4, -0.2) is 17.4 Å². The van der Waals surface area contributed by atoms with E-state index < -0.39 is 0 Å². The summed E-state index contributed by atoms with van der Waals surface area (Å²) >= 11 is 0. The molecule has 0 atom stereocenters. The van der Waals surface area contributed by atoms with E-state index in [9.17, 15) is 4.79 Å². The van der Waals surface area contributed by atoms with Gasteiger partial charge in [-0.25, -0.2) is 4.98 Å². The van der Waals surface area contributed by atoms with Crippen LogP contribution in [0.5, 0.6) is 0 Å². The maximum absolute atomic E-state index is 12.4. The monoisotopic (exact) mass is 289 g/mol. The van der Waals surface area contributed by atoms with Gasteiger partial charge in [-0.05, 0) is 36.8 Å². The second-order valence-corrected chi connectivity index (χ2v) is 7.35. The molecule has 1 amide bonds. The smallest absolute Gasteiger partial charge is 0.251 e. The van der Waals surface area contributed by atoms with E-state index in [4.69, 9.17) is 5.73 Å². The molecule has 0 bridgehead atoms. The number of pyridine rings is 1. The number of nitrogens with two attached hydrogens (primary N) is 1. The van der Waals surface area contributed by atoms with Crippen molar-refractivity contribution >= 4 is 11.7 Å². The second kappa shape index (κ2) is 5.66. The summed E-state index contributed by atoms with van der Waals surface area (Å²) < 4.78 is 0. The average Bonchev–Trinajstić information content (AvgIpc) is 3.15. The molecule has 3 N–H and O–H groups in total. The predicted octanol–water partition coefficient (Wildman–Crippen LogP) is 3.27. The lowest BCUT2D eigenvalue weighted by atomic mass is 9.90. The molecule has 1 saturated carbocycles.